The Balaban J connectivity index is 1.52. The molecule has 5 rings (SSSR count). The molecule has 8 nitrogen and oxygen atoms in total. The van der Waals surface area contributed by atoms with E-state index in [9.17, 15) is 5.11 Å². The van der Waals surface area contributed by atoms with E-state index in [1.54, 1.807) is 17.7 Å². The number of thiazole rings is 1. The first-order chi connectivity index (χ1) is 15.2. The highest BCUT2D eigenvalue weighted by Crippen LogP contribution is 2.39. The van der Waals surface area contributed by atoms with Crippen molar-refractivity contribution in [3.05, 3.63) is 40.3 Å². The number of hydrogen-bond donors (Lipinski definition) is 2. The lowest BCUT2D eigenvalue weighted by molar-refractivity contribution is 0.0320. The largest absolute Gasteiger partial charge is 0.389 e. The standard InChI is InChI=1S/C23H29N7OS/c1-13(2)18-19(15-8-14(3)21-24-12-25-30(21)9-15)27-28-20(18)22-26-16-6-7-29(10-17(16)32-22)11-23(4,5)31/h8-9,12-13,31H,6-7,10-11H2,1-5H3,(H,27,28). The van der Waals surface area contributed by atoms with Gasteiger partial charge in [0.15, 0.2) is 5.65 Å². The third-order valence-electron chi connectivity index (χ3n) is 5.85. The number of hydrogen-bond acceptors (Lipinski definition) is 7. The Labute approximate surface area is 191 Å². The topological polar surface area (TPSA) is 95.2 Å². The Bertz CT molecular complexity index is 1280. The lowest BCUT2D eigenvalue weighted by Crippen LogP contribution is -2.41. The molecule has 5 heterocycles. The van der Waals surface area contributed by atoms with E-state index in [0.29, 0.717) is 6.54 Å². The van der Waals surface area contributed by atoms with Crippen LogP contribution in [0.1, 0.15) is 55.3 Å². The van der Waals surface area contributed by atoms with Crippen molar-refractivity contribution in [1.82, 2.24) is 34.7 Å². The summed E-state index contributed by atoms with van der Waals surface area (Å²) in [7, 11) is 0. The number of aliphatic hydroxyl groups is 1. The smallest absolute Gasteiger partial charge is 0.158 e. The van der Waals surface area contributed by atoms with Crippen molar-refractivity contribution in [2.45, 2.75) is 59.1 Å². The van der Waals surface area contributed by atoms with Crippen LogP contribution in [0, 0.1) is 6.92 Å². The summed E-state index contributed by atoms with van der Waals surface area (Å²) >= 11 is 1.73. The molecular formula is C23H29N7OS. The molecule has 0 radical (unpaired) electrons. The maximum Gasteiger partial charge on any atom is 0.158 e. The molecule has 9 heteroatoms. The Morgan fingerprint density at radius 2 is 2.12 bits per heavy atom. The number of fused-ring (bicyclic) bond motifs is 2. The molecule has 1 aliphatic rings. The second-order valence-corrected chi connectivity index (χ2v) is 10.7. The van der Waals surface area contributed by atoms with Crippen LogP contribution in [-0.4, -0.2) is 58.5 Å². The molecule has 0 aromatic carbocycles. The third kappa shape index (κ3) is 3.85. The Morgan fingerprint density at radius 1 is 1.31 bits per heavy atom. The van der Waals surface area contributed by atoms with Gasteiger partial charge in [0.1, 0.15) is 11.3 Å². The monoisotopic (exact) mass is 451 g/mol. The number of aromatic amines is 1. The maximum absolute atomic E-state index is 10.2. The quantitative estimate of drug-likeness (QED) is 0.479. The summed E-state index contributed by atoms with van der Waals surface area (Å²) < 4.78 is 1.81. The highest BCUT2D eigenvalue weighted by molar-refractivity contribution is 7.15. The van der Waals surface area contributed by atoms with Crippen LogP contribution in [0.4, 0.5) is 0 Å². The molecule has 0 spiro atoms. The van der Waals surface area contributed by atoms with Crippen LogP contribution < -0.4 is 0 Å². The second kappa shape index (κ2) is 7.75. The molecule has 0 saturated heterocycles. The zero-order chi connectivity index (χ0) is 22.6. The number of aryl methyl sites for hydroxylation is 1. The van der Waals surface area contributed by atoms with Gasteiger partial charge in [0.2, 0.25) is 0 Å². The summed E-state index contributed by atoms with van der Waals surface area (Å²) in [5, 5.41) is 23.5. The number of β-amino-alcohol motifs (C(OH)–C–C–N with tert-alkyl or cyclic N) is 1. The van der Waals surface area contributed by atoms with Gasteiger partial charge < -0.3 is 5.11 Å². The Hall–Kier alpha value is -2.62. The van der Waals surface area contributed by atoms with Crippen LogP contribution >= 0.6 is 11.3 Å². The summed E-state index contributed by atoms with van der Waals surface area (Å²) in [6.45, 7) is 12.6. The molecule has 2 N–H and O–H groups in total. The van der Waals surface area contributed by atoms with E-state index in [-0.39, 0.29) is 5.92 Å². The number of aromatic nitrogens is 6. The Kier molecular flexibility index (Phi) is 5.15. The van der Waals surface area contributed by atoms with E-state index in [0.717, 1.165) is 52.7 Å². The number of nitrogens with one attached hydrogen (secondary N) is 1. The normalized spacial score (nSPS) is 15.1. The first kappa shape index (κ1) is 21.2. The minimum Gasteiger partial charge on any atom is -0.389 e. The van der Waals surface area contributed by atoms with Crippen molar-refractivity contribution >= 4 is 17.0 Å². The van der Waals surface area contributed by atoms with Gasteiger partial charge in [-0.05, 0) is 38.3 Å². The minimum absolute atomic E-state index is 0.276. The average molecular weight is 452 g/mol. The van der Waals surface area contributed by atoms with E-state index in [4.69, 9.17) is 10.1 Å². The SMILES string of the molecule is Cc1cc(-c2n[nH]c(-c3nc4c(s3)CN(CC(C)(C)O)CC4)c2C(C)C)cn2ncnc12. The highest BCUT2D eigenvalue weighted by atomic mass is 32.1. The van der Waals surface area contributed by atoms with Gasteiger partial charge in [-0.3, -0.25) is 10.00 Å². The van der Waals surface area contributed by atoms with Gasteiger partial charge in [0.25, 0.3) is 0 Å². The van der Waals surface area contributed by atoms with Gasteiger partial charge in [0, 0.05) is 48.3 Å². The fourth-order valence-corrected chi connectivity index (χ4v) is 5.72. The van der Waals surface area contributed by atoms with E-state index < -0.39 is 5.60 Å². The molecule has 0 atom stereocenters. The predicted molar refractivity (Wildman–Crippen MR) is 126 cm³/mol. The minimum atomic E-state index is -0.697. The zero-order valence-electron chi connectivity index (χ0n) is 19.2. The fourth-order valence-electron chi connectivity index (χ4n) is 4.56. The molecule has 0 fully saturated rings. The average Bonchev–Trinajstić information content (AvgIpc) is 3.43. The van der Waals surface area contributed by atoms with Crippen molar-refractivity contribution in [2.75, 3.05) is 13.1 Å². The van der Waals surface area contributed by atoms with Crippen LogP contribution in [0.25, 0.3) is 27.6 Å². The maximum atomic E-state index is 10.2. The van der Waals surface area contributed by atoms with Gasteiger partial charge in [-0.25, -0.2) is 14.5 Å². The number of rotatable bonds is 5. The third-order valence-corrected chi connectivity index (χ3v) is 6.95. The molecule has 168 valence electrons. The van der Waals surface area contributed by atoms with Gasteiger partial charge in [-0.1, -0.05) is 13.8 Å². The summed E-state index contributed by atoms with van der Waals surface area (Å²) in [6, 6.07) is 2.12. The number of nitrogens with zero attached hydrogens (tertiary/aromatic N) is 6. The molecule has 0 bridgehead atoms. The van der Waals surface area contributed by atoms with Gasteiger partial charge in [0.05, 0.1) is 22.7 Å². The molecule has 0 aliphatic carbocycles. The van der Waals surface area contributed by atoms with Crippen LogP contribution in [0.15, 0.2) is 18.6 Å². The first-order valence-corrected chi connectivity index (χ1v) is 11.8. The zero-order valence-corrected chi connectivity index (χ0v) is 20.0. The highest BCUT2D eigenvalue weighted by Gasteiger charge is 2.27. The van der Waals surface area contributed by atoms with Crippen LogP contribution in [0.3, 0.4) is 0 Å². The predicted octanol–water partition coefficient (Wildman–Crippen LogP) is 3.80. The van der Waals surface area contributed by atoms with E-state index in [1.165, 1.54) is 16.1 Å². The fraction of sp³-hybridized carbons (Fsp3) is 0.478. The van der Waals surface area contributed by atoms with Crippen LogP contribution in [0.2, 0.25) is 0 Å². The van der Waals surface area contributed by atoms with Gasteiger partial charge >= 0.3 is 0 Å². The Morgan fingerprint density at radius 3 is 2.88 bits per heavy atom. The van der Waals surface area contributed by atoms with Gasteiger partial charge in [-0.2, -0.15) is 10.2 Å². The summed E-state index contributed by atoms with van der Waals surface area (Å²) in [5.41, 5.74) is 6.52. The molecule has 0 saturated carbocycles. The molecular weight excluding hydrogens is 422 g/mol. The molecule has 0 unspecified atom stereocenters. The van der Waals surface area contributed by atoms with Gasteiger partial charge in [-0.15, -0.1) is 11.3 Å². The van der Waals surface area contributed by atoms with Crippen LogP contribution in [0.5, 0.6) is 0 Å². The van der Waals surface area contributed by atoms with E-state index >= 15 is 0 Å². The summed E-state index contributed by atoms with van der Waals surface area (Å²) in [4.78, 5) is 12.9. The van der Waals surface area contributed by atoms with Crippen molar-refractivity contribution in [3.63, 3.8) is 0 Å². The van der Waals surface area contributed by atoms with Crippen molar-refractivity contribution in [3.8, 4) is 22.0 Å². The summed E-state index contributed by atoms with van der Waals surface area (Å²) in [6.07, 6.45) is 4.47. The molecule has 0 amide bonds. The van der Waals surface area contributed by atoms with Crippen molar-refractivity contribution in [2.24, 2.45) is 0 Å². The van der Waals surface area contributed by atoms with Crippen LogP contribution in [-0.2, 0) is 13.0 Å². The molecule has 1 aliphatic heterocycles. The lowest BCUT2D eigenvalue weighted by atomic mass is 9.97. The second-order valence-electron chi connectivity index (χ2n) is 9.62. The van der Waals surface area contributed by atoms with E-state index in [2.05, 4.69) is 40.0 Å². The van der Waals surface area contributed by atoms with Crippen molar-refractivity contribution < 1.29 is 5.11 Å². The lowest BCUT2D eigenvalue weighted by Gasteiger charge is -2.31. The number of pyridine rings is 1. The molecule has 32 heavy (non-hydrogen) atoms. The molecule has 4 aromatic heterocycles. The first-order valence-electron chi connectivity index (χ1n) is 11.0. The van der Waals surface area contributed by atoms with Crippen molar-refractivity contribution in [1.29, 1.82) is 0 Å². The number of H-pyrrole nitrogens is 1. The van der Waals surface area contributed by atoms with E-state index in [1.807, 2.05) is 31.5 Å². The molecule has 4 aromatic rings. The summed E-state index contributed by atoms with van der Waals surface area (Å²) in [5.74, 6) is 0.276.